The molecule has 0 heterocycles. The maximum atomic E-state index is 12.6. The molecule has 0 saturated heterocycles. The predicted octanol–water partition coefficient (Wildman–Crippen LogP) is 3.91. The number of nitrogens with one attached hydrogen (secondary N) is 1. The molecular weight excluding hydrogens is 346 g/mol. The largest absolute Gasteiger partial charge is 0.497 e. The van der Waals surface area contributed by atoms with Gasteiger partial charge in [0.15, 0.2) is 0 Å². The summed E-state index contributed by atoms with van der Waals surface area (Å²) in [6.07, 6.45) is 0. The van der Waals surface area contributed by atoms with Gasteiger partial charge >= 0.3 is 0 Å². The van der Waals surface area contributed by atoms with Crippen molar-refractivity contribution < 1.29 is 13.2 Å². The first kappa shape index (κ1) is 18.8. The van der Waals surface area contributed by atoms with Crippen LogP contribution >= 0.6 is 11.6 Å². The molecule has 0 aliphatic rings. The number of sulfonamides is 1. The van der Waals surface area contributed by atoms with E-state index in [1.165, 1.54) is 0 Å². The standard InChI is InChI=1S/C18H22ClNO3S/c1-13-11-16(23-4)9-10-17(13)24(21,22)20-12-18(2,3)14-5-7-15(19)8-6-14/h5-11,20H,12H2,1-4H3. The summed E-state index contributed by atoms with van der Waals surface area (Å²) in [5.74, 6) is 0.632. The average molecular weight is 368 g/mol. The number of halogens is 1. The van der Waals surface area contributed by atoms with Crippen molar-refractivity contribution in [3.8, 4) is 5.75 Å². The van der Waals surface area contributed by atoms with Gasteiger partial charge in [0.25, 0.3) is 0 Å². The molecule has 0 fully saturated rings. The van der Waals surface area contributed by atoms with Crippen molar-refractivity contribution in [2.45, 2.75) is 31.1 Å². The van der Waals surface area contributed by atoms with Crippen LogP contribution in [-0.4, -0.2) is 22.1 Å². The maximum absolute atomic E-state index is 12.6. The molecule has 4 nitrogen and oxygen atoms in total. The highest BCUT2D eigenvalue weighted by molar-refractivity contribution is 7.89. The van der Waals surface area contributed by atoms with E-state index in [9.17, 15) is 8.42 Å². The van der Waals surface area contributed by atoms with Gasteiger partial charge in [0.2, 0.25) is 10.0 Å². The van der Waals surface area contributed by atoms with Crippen molar-refractivity contribution in [3.63, 3.8) is 0 Å². The summed E-state index contributed by atoms with van der Waals surface area (Å²) in [6.45, 7) is 6.00. The number of methoxy groups -OCH3 is 1. The number of ether oxygens (including phenoxy) is 1. The molecule has 0 amide bonds. The molecule has 130 valence electrons. The lowest BCUT2D eigenvalue weighted by Crippen LogP contribution is -2.36. The van der Waals surface area contributed by atoms with E-state index in [0.29, 0.717) is 16.3 Å². The third-order valence-electron chi connectivity index (χ3n) is 4.00. The topological polar surface area (TPSA) is 55.4 Å². The zero-order valence-corrected chi connectivity index (χ0v) is 15.8. The van der Waals surface area contributed by atoms with E-state index < -0.39 is 10.0 Å². The lowest BCUT2D eigenvalue weighted by atomic mass is 9.85. The van der Waals surface area contributed by atoms with E-state index in [2.05, 4.69) is 4.72 Å². The van der Waals surface area contributed by atoms with Gasteiger partial charge < -0.3 is 4.74 Å². The molecule has 2 rings (SSSR count). The second kappa shape index (κ2) is 7.13. The van der Waals surface area contributed by atoms with Crippen LogP contribution in [0.2, 0.25) is 5.02 Å². The Morgan fingerprint density at radius 2 is 1.75 bits per heavy atom. The number of aryl methyl sites for hydroxylation is 1. The normalized spacial score (nSPS) is 12.2. The Hall–Kier alpha value is -1.56. The Balaban J connectivity index is 2.19. The summed E-state index contributed by atoms with van der Waals surface area (Å²) in [4.78, 5) is 0.259. The lowest BCUT2D eigenvalue weighted by molar-refractivity contribution is 0.414. The zero-order valence-electron chi connectivity index (χ0n) is 14.3. The molecule has 24 heavy (non-hydrogen) atoms. The van der Waals surface area contributed by atoms with E-state index in [-0.39, 0.29) is 16.9 Å². The molecule has 0 aromatic heterocycles. The third-order valence-corrected chi connectivity index (χ3v) is 5.81. The minimum atomic E-state index is -3.60. The van der Waals surface area contributed by atoms with Crippen LogP contribution in [0.25, 0.3) is 0 Å². The summed E-state index contributed by atoms with van der Waals surface area (Å²) in [7, 11) is -2.05. The Morgan fingerprint density at radius 3 is 2.29 bits per heavy atom. The van der Waals surface area contributed by atoms with Gasteiger partial charge in [0.05, 0.1) is 12.0 Å². The van der Waals surface area contributed by atoms with Crippen LogP contribution in [0, 0.1) is 6.92 Å². The molecule has 0 spiro atoms. The molecule has 2 aromatic carbocycles. The van der Waals surface area contributed by atoms with Gasteiger partial charge in [-0.2, -0.15) is 0 Å². The summed E-state index contributed by atoms with van der Waals surface area (Å²) in [5, 5.41) is 0.656. The van der Waals surface area contributed by atoms with Crippen LogP contribution in [0.4, 0.5) is 0 Å². The molecule has 1 N–H and O–H groups in total. The quantitative estimate of drug-likeness (QED) is 0.842. The van der Waals surface area contributed by atoms with Crippen molar-refractivity contribution >= 4 is 21.6 Å². The van der Waals surface area contributed by atoms with Gasteiger partial charge in [-0.25, -0.2) is 13.1 Å². The summed E-state index contributed by atoms with van der Waals surface area (Å²) >= 11 is 5.91. The van der Waals surface area contributed by atoms with E-state index >= 15 is 0 Å². The van der Waals surface area contributed by atoms with Crippen LogP contribution < -0.4 is 9.46 Å². The number of hydrogen-bond donors (Lipinski definition) is 1. The fourth-order valence-corrected chi connectivity index (χ4v) is 3.97. The van der Waals surface area contributed by atoms with Crippen molar-refractivity contribution in [1.29, 1.82) is 0 Å². The second-order valence-corrected chi connectivity index (χ2v) is 8.52. The Morgan fingerprint density at radius 1 is 1.12 bits per heavy atom. The predicted molar refractivity (Wildman–Crippen MR) is 97.4 cm³/mol. The van der Waals surface area contributed by atoms with E-state index in [1.54, 1.807) is 44.4 Å². The number of hydrogen-bond acceptors (Lipinski definition) is 3. The van der Waals surface area contributed by atoms with Gasteiger partial charge in [0, 0.05) is 17.0 Å². The van der Waals surface area contributed by atoms with E-state index in [0.717, 1.165) is 5.56 Å². The first-order valence-electron chi connectivity index (χ1n) is 7.56. The molecular formula is C18H22ClNO3S. The fraction of sp³-hybridized carbons (Fsp3) is 0.333. The van der Waals surface area contributed by atoms with Gasteiger partial charge in [-0.1, -0.05) is 37.6 Å². The van der Waals surface area contributed by atoms with Crippen LogP contribution in [0.1, 0.15) is 25.0 Å². The zero-order chi connectivity index (χ0) is 18.0. The van der Waals surface area contributed by atoms with Crippen LogP contribution in [0.15, 0.2) is 47.4 Å². The molecule has 0 atom stereocenters. The molecule has 2 aromatic rings. The number of rotatable bonds is 6. The highest BCUT2D eigenvalue weighted by atomic mass is 35.5. The Labute approximate surface area is 148 Å². The SMILES string of the molecule is COc1ccc(S(=O)(=O)NCC(C)(C)c2ccc(Cl)cc2)c(C)c1. The van der Waals surface area contributed by atoms with Crippen molar-refractivity contribution in [2.75, 3.05) is 13.7 Å². The van der Waals surface area contributed by atoms with Crippen LogP contribution in [0.3, 0.4) is 0 Å². The monoisotopic (exact) mass is 367 g/mol. The first-order valence-corrected chi connectivity index (χ1v) is 9.42. The van der Waals surface area contributed by atoms with E-state index in [1.807, 2.05) is 26.0 Å². The smallest absolute Gasteiger partial charge is 0.240 e. The molecule has 0 aliphatic heterocycles. The minimum absolute atomic E-state index is 0.259. The van der Waals surface area contributed by atoms with Crippen molar-refractivity contribution in [3.05, 3.63) is 58.6 Å². The van der Waals surface area contributed by atoms with Gasteiger partial charge in [0.1, 0.15) is 5.75 Å². The molecule has 0 unspecified atom stereocenters. The third kappa shape index (κ3) is 4.29. The Kier molecular flexibility index (Phi) is 5.58. The molecule has 6 heteroatoms. The molecule has 0 bridgehead atoms. The van der Waals surface area contributed by atoms with E-state index in [4.69, 9.17) is 16.3 Å². The fourth-order valence-electron chi connectivity index (χ4n) is 2.41. The summed E-state index contributed by atoms with van der Waals surface area (Å²) in [6, 6.07) is 12.3. The summed E-state index contributed by atoms with van der Waals surface area (Å²) < 4.78 is 33.0. The molecule has 0 aliphatic carbocycles. The second-order valence-electron chi connectivity index (χ2n) is 6.35. The average Bonchev–Trinajstić information content (AvgIpc) is 2.53. The van der Waals surface area contributed by atoms with Crippen LogP contribution in [-0.2, 0) is 15.4 Å². The van der Waals surface area contributed by atoms with Crippen molar-refractivity contribution in [2.24, 2.45) is 0 Å². The lowest BCUT2D eigenvalue weighted by Gasteiger charge is -2.26. The van der Waals surface area contributed by atoms with Gasteiger partial charge in [-0.05, 0) is 48.4 Å². The number of benzene rings is 2. The first-order chi connectivity index (χ1) is 11.2. The highest BCUT2D eigenvalue weighted by Gasteiger charge is 2.25. The summed E-state index contributed by atoms with van der Waals surface area (Å²) in [5.41, 5.74) is 1.30. The Bertz CT molecular complexity index is 815. The van der Waals surface area contributed by atoms with Gasteiger partial charge in [-0.3, -0.25) is 0 Å². The molecule has 0 radical (unpaired) electrons. The molecule has 0 saturated carbocycles. The minimum Gasteiger partial charge on any atom is -0.497 e. The van der Waals surface area contributed by atoms with Crippen LogP contribution in [0.5, 0.6) is 5.75 Å². The van der Waals surface area contributed by atoms with Gasteiger partial charge in [-0.15, -0.1) is 0 Å². The maximum Gasteiger partial charge on any atom is 0.240 e. The van der Waals surface area contributed by atoms with Crippen molar-refractivity contribution in [1.82, 2.24) is 4.72 Å². The highest BCUT2D eigenvalue weighted by Crippen LogP contribution is 2.26.